The molecule has 350 valence electrons. The molecule has 0 heterocycles. The second kappa shape index (κ2) is 25.1. The molecule has 0 saturated carbocycles. The normalized spacial score (nSPS) is 11.4. The first-order valence-corrected chi connectivity index (χ1v) is 22.5. The standard InChI is InChI=1S/C52H50Cl2F2N8O4/c1-63(33-37-13-7-15-39(25-37)49(65)59-47-21-19-41(53)29-45(47)51(67)61-57-31-35-11-9-17-43(55)27-35)23-5-3-4-6-24-64(2)34-38-14-8-16-40(26-38)50(66)60-48-22-20-42(54)30-46(48)52(68)62-58-32-36-12-10-18-44(56)28-36/h7-22,25-32H,3-6,23-24,33-34H2,1-2H3,(H,59,65)(H,60,66)(H,61,67)(H,62,68). The molecule has 0 aromatic heterocycles. The Morgan fingerprint density at radius 2 is 0.926 bits per heavy atom. The second-order valence-electron chi connectivity index (χ2n) is 16.1. The van der Waals surface area contributed by atoms with Crippen LogP contribution >= 0.6 is 23.2 Å². The molecule has 0 bridgehead atoms. The Balaban J connectivity index is 0.907. The van der Waals surface area contributed by atoms with Gasteiger partial charge in [0.15, 0.2) is 0 Å². The zero-order valence-electron chi connectivity index (χ0n) is 37.4. The molecule has 0 radical (unpaired) electrons. The minimum atomic E-state index is -0.603. The van der Waals surface area contributed by atoms with E-state index in [0.717, 1.165) is 49.9 Å². The van der Waals surface area contributed by atoms with Crippen LogP contribution in [0.5, 0.6) is 0 Å². The number of amides is 4. The number of nitrogens with zero attached hydrogens (tertiary/aromatic N) is 4. The largest absolute Gasteiger partial charge is 0.321 e. The molecular formula is C52H50Cl2F2N8O4. The summed E-state index contributed by atoms with van der Waals surface area (Å²) in [6.45, 7) is 3.03. The lowest BCUT2D eigenvalue weighted by atomic mass is 10.1. The van der Waals surface area contributed by atoms with Gasteiger partial charge in [0.2, 0.25) is 0 Å². The summed E-state index contributed by atoms with van der Waals surface area (Å²) in [4.78, 5) is 57.2. The molecule has 0 fully saturated rings. The van der Waals surface area contributed by atoms with E-state index in [1.807, 2.05) is 50.5 Å². The quantitative estimate of drug-likeness (QED) is 0.0321. The molecule has 16 heteroatoms. The van der Waals surface area contributed by atoms with Gasteiger partial charge in [-0.25, -0.2) is 19.6 Å². The lowest BCUT2D eigenvalue weighted by Gasteiger charge is -2.18. The van der Waals surface area contributed by atoms with Crippen LogP contribution in [0.1, 0.15) is 89.4 Å². The van der Waals surface area contributed by atoms with E-state index >= 15 is 0 Å². The first kappa shape index (κ1) is 50.3. The smallest absolute Gasteiger partial charge is 0.273 e. The summed E-state index contributed by atoms with van der Waals surface area (Å²) >= 11 is 12.4. The van der Waals surface area contributed by atoms with E-state index in [1.54, 1.807) is 48.5 Å². The zero-order chi connectivity index (χ0) is 48.4. The summed E-state index contributed by atoms with van der Waals surface area (Å²) in [6, 6.07) is 35.3. The Hall–Kier alpha value is -7.10. The molecule has 0 atom stereocenters. The van der Waals surface area contributed by atoms with Gasteiger partial charge in [0.05, 0.1) is 34.9 Å². The van der Waals surface area contributed by atoms with Gasteiger partial charge in [-0.1, -0.05) is 84.6 Å². The molecular weight excluding hydrogens is 910 g/mol. The van der Waals surface area contributed by atoms with Gasteiger partial charge in [-0.15, -0.1) is 0 Å². The van der Waals surface area contributed by atoms with Gasteiger partial charge in [-0.2, -0.15) is 10.2 Å². The SMILES string of the molecule is CN(CCCCCCN(C)Cc1cccc(C(=O)Nc2ccc(Cl)cc2C(=O)NN=Cc2cccc(F)c2)c1)Cc1cccc(C(=O)Nc2ccc(Cl)cc2C(=O)NN=Cc2cccc(F)c2)c1. The molecule has 6 rings (SSSR count). The van der Waals surface area contributed by atoms with Crippen LogP contribution in [0.3, 0.4) is 0 Å². The third kappa shape index (κ3) is 15.8. The van der Waals surface area contributed by atoms with E-state index in [0.29, 0.717) is 45.4 Å². The van der Waals surface area contributed by atoms with Crippen LogP contribution in [-0.2, 0) is 13.1 Å². The average Bonchev–Trinajstić information content (AvgIpc) is 3.31. The maximum absolute atomic E-state index is 13.5. The van der Waals surface area contributed by atoms with E-state index in [9.17, 15) is 28.0 Å². The minimum absolute atomic E-state index is 0.113. The number of anilines is 2. The Morgan fingerprint density at radius 1 is 0.515 bits per heavy atom. The third-order valence-electron chi connectivity index (χ3n) is 10.5. The molecule has 0 aliphatic heterocycles. The van der Waals surface area contributed by atoms with Crippen LogP contribution < -0.4 is 21.5 Å². The number of nitrogens with one attached hydrogen (secondary N) is 4. The molecule has 0 spiro atoms. The Labute approximate surface area is 404 Å². The fraction of sp³-hybridized carbons (Fsp3) is 0.192. The highest BCUT2D eigenvalue weighted by Crippen LogP contribution is 2.24. The lowest BCUT2D eigenvalue weighted by molar-refractivity contribution is 0.0947. The van der Waals surface area contributed by atoms with Crippen LogP contribution in [0.4, 0.5) is 20.2 Å². The molecule has 6 aromatic rings. The number of rotatable bonds is 21. The second-order valence-corrected chi connectivity index (χ2v) is 17.0. The first-order chi connectivity index (χ1) is 32.8. The van der Waals surface area contributed by atoms with Gasteiger partial charge in [0, 0.05) is 34.3 Å². The van der Waals surface area contributed by atoms with Gasteiger partial charge < -0.3 is 20.4 Å². The van der Waals surface area contributed by atoms with Crippen molar-refractivity contribution in [3.8, 4) is 0 Å². The fourth-order valence-electron chi connectivity index (χ4n) is 7.16. The lowest BCUT2D eigenvalue weighted by Crippen LogP contribution is -2.22. The number of carbonyl (C=O) groups is 4. The number of hydrogen-bond donors (Lipinski definition) is 4. The molecule has 12 nitrogen and oxygen atoms in total. The summed E-state index contributed by atoms with van der Waals surface area (Å²) in [6.07, 6.45) is 6.73. The highest BCUT2D eigenvalue weighted by atomic mass is 35.5. The summed E-state index contributed by atoms with van der Waals surface area (Å²) in [7, 11) is 4.09. The number of hydrogen-bond acceptors (Lipinski definition) is 8. The van der Waals surface area contributed by atoms with Gasteiger partial charge in [-0.05, 0) is 147 Å². The number of unbranched alkanes of at least 4 members (excludes halogenated alkanes) is 3. The Kier molecular flexibility index (Phi) is 18.6. The van der Waals surface area contributed by atoms with E-state index < -0.39 is 35.3 Å². The summed E-state index contributed by atoms with van der Waals surface area (Å²) in [5, 5.41) is 14.1. The van der Waals surface area contributed by atoms with Crippen molar-refractivity contribution in [1.82, 2.24) is 20.7 Å². The van der Waals surface area contributed by atoms with Gasteiger partial charge >= 0.3 is 0 Å². The predicted octanol–water partition coefficient (Wildman–Crippen LogP) is 10.4. The minimum Gasteiger partial charge on any atom is -0.321 e. The molecule has 6 aromatic carbocycles. The van der Waals surface area contributed by atoms with Gasteiger partial charge in [0.25, 0.3) is 23.6 Å². The number of carbonyl (C=O) groups excluding carboxylic acids is 4. The van der Waals surface area contributed by atoms with Gasteiger partial charge in [0.1, 0.15) is 11.6 Å². The fourth-order valence-corrected chi connectivity index (χ4v) is 7.51. The van der Waals surface area contributed by atoms with Crippen molar-refractivity contribution in [3.05, 3.63) is 200 Å². The highest BCUT2D eigenvalue weighted by molar-refractivity contribution is 6.31. The molecule has 0 aliphatic rings. The third-order valence-corrected chi connectivity index (χ3v) is 11.0. The van der Waals surface area contributed by atoms with Crippen LogP contribution in [-0.4, -0.2) is 73.0 Å². The Morgan fingerprint density at radius 3 is 1.34 bits per heavy atom. The maximum Gasteiger partial charge on any atom is 0.273 e. The maximum atomic E-state index is 13.5. The molecule has 0 unspecified atom stereocenters. The molecule has 4 N–H and O–H groups in total. The van der Waals surface area contributed by atoms with E-state index in [-0.39, 0.29) is 22.5 Å². The van der Waals surface area contributed by atoms with Gasteiger partial charge in [-0.3, -0.25) is 19.2 Å². The van der Waals surface area contributed by atoms with Crippen molar-refractivity contribution in [2.45, 2.75) is 38.8 Å². The topological polar surface area (TPSA) is 148 Å². The van der Waals surface area contributed by atoms with Crippen molar-refractivity contribution in [2.24, 2.45) is 10.2 Å². The first-order valence-electron chi connectivity index (χ1n) is 21.7. The van der Waals surface area contributed by atoms with Crippen molar-refractivity contribution in [2.75, 3.05) is 37.8 Å². The van der Waals surface area contributed by atoms with Crippen LogP contribution in [0.2, 0.25) is 10.0 Å². The van der Waals surface area contributed by atoms with Crippen LogP contribution in [0, 0.1) is 11.6 Å². The monoisotopic (exact) mass is 958 g/mol. The predicted molar refractivity (Wildman–Crippen MR) is 266 cm³/mol. The van der Waals surface area contributed by atoms with Crippen molar-refractivity contribution < 1.29 is 28.0 Å². The molecule has 0 saturated heterocycles. The summed E-state index contributed by atoms with van der Waals surface area (Å²) in [5.41, 5.74) is 9.26. The van der Waals surface area contributed by atoms with Crippen LogP contribution in [0.15, 0.2) is 144 Å². The number of benzene rings is 6. The summed E-state index contributed by atoms with van der Waals surface area (Å²) in [5.74, 6) is -2.85. The van der Waals surface area contributed by atoms with E-state index in [4.69, 9.17) is 23.2 Å². The van der Waals surface area contributed by atoms with Crippen molar-refractivity contribution in [1.29, 1.82) is 0 Å². The zero-order valence-corrected chi connectivity index (χ0v) is 39.0. The summed E-state index contributed by atoms with van der Waals surface area (Å²) < 4.78 is 27.0. The van der Waals surface area contributed by atoms with Crippen molar-refractivity contribution in [3.63, 3.8) is 0 Å². The molecule has 68 heavy (non-hydrogen) atoms. The molecule has 4 amide bonds. The van der Waals surface area contributed by atoms with Crippen LogP contribution in [0.25, 0.3) is 0 Å². The van der Waals surface area contributed by atoms with E-state index in [2.05, 4.69) is 41.5 Å². The highest BCUT2D eigenvalue weighted by Gasteiger charge is 2.18. The molecule has 0 aliphatic carbocycles. The number of halogens is 4. The van der Waals surface area contributed by atoms with Crippen molar-refractivity contribution >= 4 is 70.6 Å². The van der Waals surface area contributed by atoms with E-state index in [1.165, 1.54) is 61.0 Å². The average molecular weight is 960 g/mol. The Bertz CT molecular complexity index is 2620. The number of hydrazone groups is 2.